The minimum absolute atomic E-state index is 0.117. The molecule has 0 spiro atoms. The third-order valence-electron chi connectivity index (χ3n) is 12.0. The highest BCUT2D eigenvalue weighted by Gasteiger charge is 2.19. The van der Waals surface area contributed by atoms with Gasteiger partial charge in [-0.2, -0.15) is 0 Å². The highest BCUT2D eigenvalue weighted by Crippen LogP contribution is 2.13. The highest BCUT2D eigenvalue weighted by atomic mass is 16.6. The Morgan fingerprint density at radius 3 is 0.913 bits per heavy atom. The minimum atomic E-state index is -0.829. The van der Waals surface area contributed by atoms with E-state index >= 15 is 0 Å². The Morgan fingerprint density at radius 2 is 0.536 bits per heavy atom. The third-order valence-corrected chi connectivity index (χ3v) is 12.0. The average Bonchev–Trinajstić information content (AvgIpc) is 3.35. The lowest BCUT2D eigenvalue weighted by molar-refractivity contribution is -0.167. The Morgan fingerprint density at radius 1 is 0.290 bits per heavy atom. The molecule has 0 aliphatic carbocycles. The van der Waals surface area contributed by atoms with E-state index in [4.69, 9.17) is 14.2 Å². The highest BCUT2D eigenvalue weighted by molar-refractivity contribution is 5.71. The van der Waals surface area contributed by atoms with E-state index in [1.807, 2.05) is 0 Å². The predicted molar refractivity (Wildman–Crippen MR) is 297 cm³/mol. The number of hydrogen-bond acceptors (Lipinski definition) is 6. The van der Waals surface area contributed by atoms with Crippen LogP contribution in [0, 0.1) is 0 Å². The summed E-state index contributed by atoms with van der Waals surface area (Å²) in [4.78, 5) is 38.1. The Labute approximate surface area is 426 Å². The Bertz CT molecular complexity index is 1380. The zero-order chi connectivity index (χ0) is 50.0. The molecule has 1 atom stereocenters. The second kappa shape index (κ2) is 56.9. The van der Waals surface area contributed by atoms with E-state index in [0.29, 0.717) is 19.3 Å². The molecule has 0 heterocycles. The van der Waals surface area contributed by atoms with E-state index in [1.165, 1.54) is 148 Å². The molecule has 0 radical (unpaired) electrons. The first-order valence-electron chi connectivity index (χ1n) is 28.7. The zero-order valence-electron chi connectivity index (χ0n) is 45.0. The van der Waals surface area contributed by atoms with Crippen molar-refractivity contribution in [3.8, 4) is 0 Å². The summed E-state index contributed by atoms with van der Waals surface area (Å²) in [7, 11) is 0. The van der Waals surface area contributed by atoms with Gasteiger partial charge in [0.25, 0.3) is 0 Å². The molecule has 0 aromatic carbocycles. The maximum absolute atomic E-state index is 12.8. The number of carbonyl (C=O) groups is 3. The monoisotopic (exact) mass is 959 g/mol. The van der Waals surface area contributed by atoms with Crippen LogP contribution in [-0.2, 0) is 28.6 Å². The van der Waals surface area contributed by atoms with E-state index in [2.05, 4.69) is 118 Å². The van der Waals surface area contributed by atoms with Gasteiger partial charge in [-0.1, -0.05) is 227 Å². The van der Waals surface area contributed by atoms with Crippen LogP contribution in [0.2, 0.25) is 0 Å². The maximum Gasteiger partial charge on any atom is 0.306 e. The van der Waals surface area contributed by atoms with Gasteiger partial charge in [-0.25, -0.2) is 0 Å². The summed E-state index contributed by atoms with van der Waals surface area (Å²) in [5, 5.41) is 0. The molecule has 0 fully saturated rings. The first-order valence-corrected chi connectivity index (χ1v) is 28.7. The molecular formula is C63H106O6. The second-order valence-electron chi connectivity index (χ2n) is 18.8. The lowest BCUT2D eigenvalue weighted by atomic mass is 10.1. The van der Waals surface area contributed by atoms with Crippen LogP contribution in [0.5, 0.6) is 0 Å². The van der Waals surface area contributed by atoms with Gasteiger partial charge < -0.3 is 14.2 Å². The van der Waals surface area contributed by atoms with Crippen molar-refractivity contribution in [1.29, 1.82) is 0 Å². The van der Waals surface area contributed by atoms with Gasteiger partial charge in [0.05, 0.1) is 0 Å². The molecule has 6 nitrogen and oxygen atoms in total. The van der Waals surface area contributed by atoms with Crippen molar-refractivity contribution in [1.82, 2.24) is 0 Å². The van der Waals surface area contributed by atoms with Gasteiger partial charge in [0, 0.05) is 19.3 Å². The molecule has 0 saturated heterocycles. The first-order chi connectivity index (χ1) is 34.0. The number of hydrogen-bond donors (Lipinski definition) is 0. The van der Waals surface area contributed by atoms with Crippen LogP contribution >= 0.6 is 0 Å². The van der Waals surface area contributed by atoms with Crippen LogP contribution in [0.25, 0.3) is 0 Å². The Hall–Kier alpha value is -3.67. The van der Waals surface area contributed by atoms with Crippen LogP contribution in [0.15, 0.2) is 97.2 Å². The molecule has 0 aromatic rings. The fourth-order valence-corrected chi connectivity index (χ4v) is 7.68. The maximum atomic E-state index is 12.8. The van der Waals surface area contributed by atoms with Crippen LogP contribution < -0.4 is 0 Å². The predicted octanol–water partition coefficient (Wildman–Crippen LogP) is 19.3. The van der Waals surface area contributed by atoms with Crippen LogP contribution in [0.4, 0.5) is 0 Å². The summed E-state index contributed by atoms with van der Waals surface area (Å²) in [6, 6.07) is 0. The molecule has 0 amide bonds. The van der Waals surface area contributed by atoms with Gasteiger partial charge in [0.15, 0.2) is 6.10 Å². The molecule has 69 heavy (non-hydrogen) atoms. The molecule has 0 rings (SSSR count). The smallest absolute Gasteiger partial charge is 0.306 e. The molecule has 0 N–H and O–H groups in total. The number of allylic oxidation sites excluding steroid dienone is 16. The average molecular weight is 960 g/mol. The van der Waals surface area contributed by atoms with Gasteiger partial charge in [0.1, 0.15) is 13.2 Å². The second-order valence-corrected chi connectivity index (χ2v) is 18.8. The lowest BCUT2D eigenvalue weighted by Crippen LogP contribution is -2.30. The van der Waals surface area contributed by atoms with E-state index in [9.17, 15) is 14.4 Å². The van der Waals surface area contributed by atoms with Crippen molar-refractivity contribution in [2.45, 2.75) is 271 Å². The summed E-state index contributed by atoms with van der Waals surface area (Å²) in [5.74, 6) is -1.03. The standard InChI is InChI=1S/C63H106O6/c1-4-7-10-13-16-19-22-25-28-31-34-37-40-43-46-49-52-55-61(64)67-58-60(69-63(66)57-54-51-48-45-42-39-36-33-30-27-24-21-18-15-12-9-6-3)59-68-62(65)56-53-50-47-44-41-38-35-32-29-26-23-20-17-14-11-8-5-2/h16,19,25-30,34,36-37,39,43,45-46,48,60H,4-15,17-18,20-24,31-33,35,38,40-42,44,47,49-59H2,1-3H3/b19-16-,28-25-,29-26-,30-27-,37-34-,39-36-,46-43-,48-45-. The molecule has 0 aromatic heterocycles. The molecule has 1 unspecified atom stereocenters. The molecule has 0 bridgehead atoms. The first kappa shape index (κ1) is 65.3. The van der Waals surface area contributed by atoms with Gasteiger partial charge in [-0.3, -0.25) is 14.4 Å². The van der Waals surface area contributed by atoms with Crippen LogP contribution in [0.1, 0.15) is 265 Å². The molecule has 394 valence electrons. The van der Waals surface area contributed by atoms with E-state index in [-0.39, 0.29) is 44.0 Å². The number of esters is 3. The van der Waals surface area contributed by atoms with E-state index in [0.717, 1.165) is 64.2 Å². The summed E-state index contributed by atoms with van der Waals surface area (Å²) in [6.07, 6.45) is 75.5. The molecular weight excluding hydrogens is 853 g/mol. The van der Waals surface area contributed by atoms with Crippen molar-refractivity contribution < 1.29 is 28.6 Å². The van der Waals surface area contributed by atoms with E-state index in [1.54, 1.807) is 0 Å². The number of ether oxygens (including phenoxy) is 3. The Kier molecular flexibility index (Phi) is 53.9. The summed E-state index contributed by atoms with van der Waals surface area (Å²) in [6.45, 7) is 6.51. The summed E-state index contributed by atoms with van der Waals surface area (Å²) >= 11 is 0. The number of rotatable bonds is 51. The summed E-state index contributed by atoms with van der Waals surface area (Å²) in [5.41, 5.74) is 0. The topological polar surface area (TPSA) is 78.9 Å². The fraction of sp³-hybridized carbons (Fsp3) is 0.698. The Balaban J connectivity index is 4.55. The lowest BCUT2D eigenvalue weighted by Gasteiger charge is -2.18. The fourth-order valence-electron chi connectivity index (χ4n) is 7.68. The van der Waals surface area contributed by atoms with Crippen molar-refractivity contribution in [3.05, 3.63) is 97.2 Å². The van der Waals surface area contributed by atoms with Gasteiger partial charge >= 0.3 is 17.9 Å². The minimum Gasteiger partial charge on any atom is -0.462 e. The van der Waals surface area contributed by atoms with Crippen molar-refractivity contribution in [2.75, 3.05) is 13.2 Å². The van der Waals surface area contributed by atoms with Crippen LogP contribution in [-0.4, -0.2) is 37.2 Å². The quantitative estimate of drug-likeness (QED) is 0.0262. The largest absolute Gasteiger partial charge is 0.462 e. The number of unbranched alkanes of at least 4 members (excludes halogenated alkanes) is 24. The summed E-state index contributed by atoms with van der Waals surface area (Å²) < 4.78 is 16.8. The molecule has 0 saturated carbocycles. The molecule has 6 heteroatoms. The normalized spacial score (nSPS) is 12.8. The van der Waals surface area contributed by atoms with Crippen LogP contribution in [0.3, 0.4) is 0 Å². The third kappa shape index (κ3) is 55.1. The van der Waals surface area contributed by atoms with Crippen molar-refractivity contribution >= 4 is 17.9 Å². The number of carbonyl (C=O) groups excluding carboxylic acids is 3. The van der Waals surface area contributed by atoms with E-state index < -0.39 is 6.10 Å². The van der Waals surface area contributed by atoms with Crippen molar-refractivity contribution in [3.63, 3.8) is 0 Å². The van der Waals surface area contributed by atoms with Gasteiger partial charge in [0.2, 0.25) is 0 Å². The van der Waals surface area contributed by atoms with Gasteiger partial charge in [-0.05, 0) is 116 Å². The zero-order valence-corrected chi connectivity index (χ0v) is 45.0. The molecule has 0 aliphatic heterocycles. The van der Waals surface area contributed by atoms with Crippen molar-refractivity contribution in [2.24, 2.45) is 0 Å². The van der Waals surface area contributed by atoms with Gasteiger partial charge in [-0.15, -0.1) is 0 Å². The SMILES string of the molecule is CCCCC/C=C\C/C=C\C/C=C\C/C=C\CCCC(=O)OCC(COC(=O)CCCCCCCCC/C=C\CCCCCCCC)OC(=O)CCC/C=C\C/C=C\C/C=C\CCCCCCCC. The molecule has 0 aliphatic rings.